The first-order valence-corrected chi connectivity index (χ1v) is 14.0. The lowest BCUT2D eigenvalue weighted by Crippen LogP contribution is -2.53. The van der Waals surface area contributed by atoms with Gasteiger partial charge >= 0.3 is 0 Å². The van der Waals surface area contributed by atoms with Gasteiger partial charge in [0.05, 0.1) is 43.6 Å². The molecule has 0 aromatic carbocycles. The molecule has 3 fully saturated rings. The summed E-state index contributed by atoms with van der Waals surface area (Å²) in [5.41, 5.74) is 8.08. The molecule has 0 spiro atoms. The Morgan fingerprint density at radius 2 is 1.09 bits per heavy atom. The van der Waals surface area contributed by atoms with Crippen LogP contribution >= 0.6 is 0 Å². The Kier molecular flexibility index (Phi) is 11.7. The molecule has 3 aliphatic carbocycles. The molecule has 0 aromatic rings. The van der Waals surface area contributed by atoms with Crippen molar-refractivity contribution in [1.82, 2.24) is 0 Å². The Morgan fingerprint density at radius 1 is 0.657 bits per heavy atom. The molecule has 10 atom stereocenters. The van der Waals surface area contributed by atoms with E-state index in [4.69, 9.17) is 9.47 Å². The second-order valence-corrected chi connectivity index (χ2v) is 11.3. The van der Waals surface area contributed by atoms with Crippen LogP contribution in [0.5, 0.6) is 0 Å². The van der Waals surface area contributed by atoms with Crippen LogP contribution in [0.1, 0.15) is 57.8 Å². The molecule has 10 unspecified atom stereocenters. The van der Waals surface area contributed by atoms with Gasteiger partial charge in [-0.2, -0.15) is 0 Å². The van der Waals surface area contributed by atoms with Crippen LogP contribution in [-0.4, -0.2) is 73.1 Å². The van der Waals surface area contributed by atoms with E-state index >= 15 is 0 Å². The van der Waals surface area contributed by atoms with Crippen molar-refractivity contribution in [3.63, 3.8) is 0 Å². The second kappa shape index (κ2) is 14.2. The molecule has 0 aromatic heterocycles. The van der Waals surface area contributed by atoms with Crippen molar-refractivity contribution in [2.24, 2.45) is 35.5 Å². The smallest absolute Gasteiger partial charge is 0.0865 e. The topological polar surface area (TPSA) is 134 Å². The zero-order chi connectivity index (χ0) is 25.4. The van der Waals surface area contributed by atoms with Crippen molar-refractivity contribution in [2.75, 3.05) is 27.3 Å². The molecule has 0 bridgehead atoms. The number of quaternary nitrogens is 2. The minimum absolute atomic E-state index is 0.121. The summed E-state index contributed by atoms with van der Waals surface area (Å²) in [6.45, 7) is 1.68. The summed E-state index contributed by atoms with van der Waals surface area (Å²) in [5, 5.41) is 31.4. The highest BCUT2D eigenvalue weighted by atomic mass is 16.5. The summed E-state index contributed by atoms with van der Waals surface area (Å²) in [5.74, 6) is 2.08. The molecule has 202 valence electrons. The molecule has 0 heterocycles. The predicted molar refractivity (Wildman–Crippen MR) is 136 cm³/mol. The number of methoxy groups -OCH3 is 2. The van der Waals surface area contributed by atoms with Crippen molar-refractivity contribution in [3.8, 4) is 0 Å². The fourth-order valence-corrected chi connectivity index (χ4v) is 7.20. The van der Waals surface area contributed by atoms with Gasteiger partial charge in [0.1, 0.15) is 0 Å². The quantitative estimate of drug-likeness (QED) is 0.287. The lowest BCUT2D eigenvalue weighted by atomic mass is 9.72. The number of aliphatic hydroxyl groups excluding tert-OH is 3. The standard InChI is InChI=1S/C28H50N2O5/c1-34-27-23(11-13-29)20(7-9-25(27)32)5-3-18-15-19(17-22(31)16-18)4-6-21-8-10-26(33)28(35-2)24(21)12-14-30/h3-6,18-28,31-33H,7-17,29-30H2,1-2H3/p+2/b5-3+,6-4+. The third-order valence-corrected chi connectivity index (χ3v) is 8.93. The number of hydrogen-bond acceptors (Lipinski definition) is 5. The fraction of sp³-hybridized carbons (Fsp3) is 0.857. The Bertz CT molecular complexity index is 620. The maximum absolute atomic E-state index is 10.6. The molecule has 3 saturated carbocycles. The second-order valence-electron chi connectivity index (χ2n) is 11.3. The van der Waals surface area contributed by atoms with Crippen molar-refractivity contribution in [1.29, 1.82) is 0 Å². The van der Waals surface area contributed by atoms with Crippen molar-refractivity contribution in [2.45, 2.75) is 88.3 Å². The van der Waals surface area contributed by atoms with Gasteiger partial charge in [0.25, 0.3) is 0 Å². The summed E-state index contributed by atoms with van der Waals surface area (Å²) in [6.07, 6.45) is 16.1. The van der Waals surface area contributed by atoms with Crippen LogP contribution in [0.4, 0.5) is 0 Å². The van der Waals surface area contributed by atoms with Gasteiger partial charge in [-0.25, -0.2) is 0 Å². The monoisotopic (exact) mass is 496 g/mol. The van der Waals surface area contributed by atoms with Gasteiger partial charge in [0.2, 0.25) is 0 Å². The Morgan fingerprint density at radius 3 is 1.46 bits per heavy atom. The van der Waals surface area contributed by atoms with Gasteiger partial charge in [-0.15, -0.1) is 0 Å². The van der Waals surface area contributed by atoms with Gasteiger partial charge in [-0.1, -0.05) is 24.3 Å². The van der Waals surface area contributed by atoms with Gasteiger partial charge < -0.3 is 36.3 Å². The van der Waals surface area contributed by atoms with E-state index in [1.165, 1.54) is 0 Å². The Balaban J connectivity index is 1.63. The molecule has 0 aliphatic heterocycles. The van der Waals surface area contributed by atoms with Crippen molar-refractivity contribution < 1.29 is 36.3 Å². The molecule has 7 nitrogen and oxygen atoms in total. The van der Waals surface area contributed by atoms with E-state index < -0.39 is 12.2 Å². The molecule has 0 radical (unpaired) electrons. The number of hydrogen-bond donors (Lipinski definition) is 5. The van der Waals surface area contributed by atoms with E-state index in [1.54, 1.807) is 14.2 Å². The van der Waals surface area contributed by atoms with Crippen LogP contribution in [0.2, 0.25) is 0 Å². The Hall–Kier alpha value is -0.800. The summed E-state index contributed by atoms with van der Waals surface area (Å²) in [7, 11) is 3.40. The summed E-state index contributed by atoms with van der Waals surface area (Å²) in [4.78, 5) is 0. The van der Waals surface area contributed by atoms with E-state index in [0.717, 1.165) is 70.9 Å². The fourth-order valence-electron chi connectivity index (χ4n) is 7.20. The first-order chi connectivity index (χ1) is 16.9. The highest BCUT2D eigenvalue weighted by Crippen LogP contribution is 2.39. The van der Waals surface area contributed by atoms with Crippen molar-refractivity contribution in [3.05, 3.63) is 24.3 Å². The average Bonchev–Trinajstić information content (AvgIpc) is 2.83. The average molecular weight is 497 g/mol. The summed E-state index contributed by atoms with van der Waals surface area (Å²) in [6, 6.07) is 0. The van der Waals surface area contributed by atoms with Gasteiger partial charge in [0, 0.05) is 27.1 Å². The predicted octanol–water partition coefficient (Wildman–Crippen LogP) is 0.944. The lowest BCUT2D eigenvalue weighted by Gasteiger charge is -2.39. The Labute approximate surface area is 211 Å². The van der Waals surface area contributed by atoms with Crippen LogP contribution in [0.15, 0.2) is 24.3 Å². The van der Waals surface area contributed by atoms with Crippen LogP contribution in [0.3, 0.4) is 0 Å². The van der Waals surface area contributed by atoms with E-state index in [-0.39, 0.29) is 18.3 Å². The zero-order valence-corrected chi connectivity index (χ0v) is 22.0. The summed E-state index contributed by atoms with van der Waals surface area (Å²) >= 11 is 0. The van der Waals surface area contributed by atoms with E-state index in [0.29, 0.717) is 35.5 Å². The SMILES string of the molecule is COC1C(O)CCC(/C=C/C2CC(O)CC(/C=C/C3CCC(O)C(OC)C3CC[NH3+])C2)C1CC[NH3+]. The maximum atomic E-state index is 10.6. The zero-order valence-electron chi connectivity index (χ0n) is 22.0. The van der Waals surface area contributed by atoms with Crippen LogP contribution < -0.4 is 11.5 Å². The maximum Gasteiger partial charge on any atom is 0.0865 e. The normalized spacial score (nSPS) is 43.2. The van der Waals surface area contributed by atoms with Crippen molar-refractivity contribution >= 4 is 0 Å². The minimum Gasteiger partial charge on any atom is -0.393 e. The number of aliphatic hydroxyl groups is 3. The highest BCUT2D eigenvalue weighted by Gasteiger charge is 2.39. The molecule has 0 amide bonds. The highest BCUT2D eigenvalue weighted by molar-refractivity contribution is 5.06. The van der Waals surface area contributed by atoms with E-state index in [9.17, 15) is 15.3 Å². The molecule has 3 aliphatic rings. The third-order valence-electron chi connectivity index (χ3n) is 8.93. The van der Waals surface area contributed by atoms with Crippen LogP contribution in [0.25, 0.3) is 0 Å². The minimum atomic E-state index is -0.391. The number of rotatable bonds is 10. The lowest BCUT2D eigenvalue weighted by molar-refractivity contribution is -0.372. The molecular weight excluding hydrogens is 444 g/mol. The molecule has 3 rings (SSSR count). The largest absolute Gasteiger partial charge is 0.393 e. The number of ether oxygens (including phenoxy) is 2. The van der Waals surface area contributed by atoms with E-state index in [1.807, 2.05) is 0 Å². The number of allylic oxidation sites excluding steroid dienone is 4. The molecule has 35 heavy (non-hydrogen) atoms. The van der Waals surface area contributed by atoms with E-state index in [2.05, 4.69) is 35.8 Å². The van der Waals surface area contributed by atoms with Crippen LogP contribution in [0, 0.1) is 35.5 Å². The third kappa shape index (κ3) is 7.60. The van der Waals surface area contributed by atoms with Gasteiger partial charge in [0.15, 0.2) is 0 Å². The van der Waals surface area contributed by atoms with Crippen LogP contribution in [-0.2, 0) is 9.47 Å². The molecule has 7 heteroatoms. The van der Waals surface area contributed by atoms with Gasteiger partial charge in [-0.3, -0.25) is 0 Å². The molecular formula is C28H52N2O5+2. The molecule has 0 saturated heterocycles. The first-order valence-electron chi connectivity index (χ1n) is 14.0. The molecule has 9 N–H and O–H groups in total. The van der Waals surface area contributed by atoms with Gasteiger partial charge in [-0.05, 0) is 80.5 Å². The summed E-state index contributed by atoms with van der Waals surface area (Å²) < 4.78 is 11.3. The first kappa shape index (κ1) is 28.8.